The highest BCUT2D eigenvalue weighted by Gasteiger charge is 2.38. The number of carbonyl (C=O) groups excluding carboxylic acids is 1. The van der Waals surface area contributed by atoms with Gasteiger partial charge in [-0.1, -0.05) is 13.8 Å². The number of likely N-dealkylation sites (tertiary alicyclic amines) is 1. The maximum atomic E-state index is 12.4. The summed E-state index contributed by atoms with van der Waals surface area (Å²) >= 11 is 0. The van der Waals surface area contributed by atoms with Crippen LogP contribution in [0.25, 0.3) is 16.7 Å². The molecule has 1 aliphatic heterocycles. The molecule has 30 heavy (non-hydrogen) atoms. The van der Waals surface area contributed by atoms with E-state index in [2.05, 4.69) is 9.97 Å². The summed E-state index contributed by atoms with van der Waals surface area (Å²) in [5.41, 5.74) is 8.66. The maximum Gasteiger partial charge on any atom is 0.228 e. The van der Waals surface area contributed by atoms with Gasteiger partial charge < -0.3 is 25.8 Å². The van der Waals surface area contributed by atoms with Gasteiger partial charge in [0.25, 0.3) is 0 Å². The molecule has 4 N–H and O–H groups in total. The van der Waals surface area contributed by atoms with E-state index in [0.29, 0.717) is 23.7 Å². The lowest BCUT2D eigenvalue weighted by Crippen LogP contribution is -2.30. The molecule has 4 rings (SSSR count). The first-order valence-electron chi connectivity index (χ1n) is 9.88. The number of aromatic nitrogens is 2. The highest BCUT2D eigenvalue weighted by atomic mass is 16.5. The minimum Gasteiger partial charge on any atom is -0.457 e. The number of fused-ring (bicyclic) bond motifs is 1. The van der Waals surface area contributed by atoms with Crippen molar-refractivity contribution in [1.29, 1.82) is 5.41 Å². The number of aromatic amines is 1. The number of amides is 1. The van der Waals surface area contributed by atoms with Crippen LogP contribution in [0.2, 0.25) is 0 Å². The quantitative estimate of drug-likeness (QED) is 0.539. The average Bonchev–Trinajstić information content (AvgIpc) is 3.23. The molecule has 0 aliphatic carbocycles. The molecule has 3 aromatic rings. The van der Waals surface area contributed by atoms with Crippen molar-refractivity contribution in [3.05, 3.63) is 59.9 Å². The smallest absolute Gasteiger partial charge is 0.228 e. The molecule has 1 fully saturated rings. The number of nitrogens with one attached hydrogen (secondary N) is 2. The standard InChI is InChI=1S/C23H25N5O2/c1-23(2)10-12-28(22(23)29)14-21-26-19-8-7-17(13-20(19)27-21)30-16-5-3-15(4-6-16)18(25)9-11-24/h3-9,11,13,24H,10,12,14,25H2,1-2H3,(H,26,27)/b18-9-,24-11?. The van der Waals surface area contributed by atoms with E-state index in [9.17, 15) is 4.79 Å². The molecule has 1 aromatic heterocycles. The molecule has 7 nitrogen and oxygen atoms in total. The molecule has 2 aromatic carbocycles. The molecular weight excluding hydrogens is 378 g/mol. The predicted octanol–water partition coefficient (Wildman–Crippen LogP) is 4.06. The number of rotatable bonds is 6. The minimum atomic E-state index is -0.289. The third-order valence-corrected chi connectivity index (χ3v) is 5.40. The number of hydrogen-bond donors (Lipinski definition) is 3. The first-order valence-corrected chi connectivity index (χ1v) is 9.88. The van der Waals surface area contributed by atoms with Crippen LogP contribution in [0.5, 0.6) is 11.5 Å². The zero-order valence-corrected chi connectivity index (χ0v) is 17.1. The molecule has 0 unspecified atom stereocenters. The number of H-pyrrole nitrogens is 1. The topological polar surface area (TPSA) is 108 Å². The fraction of sp³-hybridized carbons (Fsp3) is 0.261. The highest BCUT2D eigenvalue weighted by Crippen LogP contribution is 2.31. The monoisotopic (exact) mass is 403 g/mol. The molecular formula is C23H25N5O2. The number of hydrogen-bond acceptors (Lipinski definition) is 5. The summed E-state index contributed by atoms with van der Waals surface area (Å²) in [7, 11) is 0. The van der Waals surface area contributed by atoms with Crippen molar-refractivity contribution in [2.45, 2.75) is 26.8 Å². The van der Waals surface area contributed by atoms with Crippen LogP contribution in [0.1, 0.15) is 31.7 Å². The van der Waals surface area contributed by atoms with Gasteiger partial charge in [-0.3, -0.25) is 4.79 Å². The second-order valence-electron chi connectivity index (χ2n) is 8.14. The van der Waals surface area contributed by atoms with Gasteiger partial charge in [-0.15, -0.1) is 0 Å². The van der Waals surface area contributed by atoms with Crippen molar-refractivity contribution in [2.24, 2.45) is 11.1 Å². The summed E-state index contributed by atoms with van der Waals surface area (Å²) in [4.78, 5) is 22.2. The SMILES string of the molecule is CC1(C)CCN(Cc2nc3ccc(Oc4ccc(/C(N)=C/C=N)cc4)cc3[nH]2)C1=O. The Kier molecular flexibility index (Phi) is 5.03. The number of carbonyl (C=O) groups is 1. The molecule has 154 valence electrons. The number of nitrogens with two attached hydrogens (primary N) is 1. The largest absolute Gasteiger partial charge is 0.457 e. The minimum absolute atomic E-state index is 0.173. The Labute approximate surface area is 175 Å². The lowest BCUT2D eigenvalue weighted by molar-refractivity contribution is -0.135. The van der Waals surface area contributed by atoms with Crippen LogP contribution in [-0.4, -0.2) is 33.5 Å². The van der Waals surface area contributed by atoms with Crippen molar-refractivity contribution in [2.75, 3.05) is 6.54 Å². The summed E-state index contributed by atoms with van der Waals surface area (Å²) in [5.74, 6) is 2.31. The van der Waals surface area contributed by atoms with E-state index < -0.39 is 0 Å². The van der Waals surface area contributed by atoms with E-state index in [4.69, 9.17) is 15.9 Å². The van der Waals surface area contributed by atoms with Crippen molar-refractivity contribution < 1.29 is 9.53 Å². The van der Waals surface area contributed by atoms with Gasteiger partial charge in [0, 0.05) is 29.9 Å². The molecule has 1 aliphatic rings. The van der Waals surface area contributed by atoms with Crippen LogP contribution in [-0.2, 0) is 11.3 Å². The zero-order chi connectivity index (χ0) is 21.3. The summed E-state index contributed by atoms with van der Waals surface area (Å²) < 4.78 is 5.95. The van der Waals surface area contributed by atoms with Gasteiger partial charge in [0.2, 0.25) is 5.91 Å². The maximum absolute atomic E-state index is 12.4. The second-order valence-corrected chi connectivity index (χ2v) is 8.14. The normalized spacial score (nSPS) is 16.3. The third kappa shape index (κ3) is 3.91. The Morgan fingerprint density at radius 2 is 2.00 bits per heavy atom. The van der Waals surface area contributed by atoms with Crippen molar-refractivity contribution >= 4 is 28.9 Å². The molecule has 1 amide bonds. The van der Waals surface area contributed by atoms with Crippen molar-refractivity contribution in [3.63, 3.8) is 0 Å². The van der Waals surface area contributed by atoms with Crippen LogP contribution >= 0.6 is 0 Å². The van der Waals surface area contributed by atoms with E-state index in [0.717, 1.165) is 41.6 Å². The lowest BCUT2D eigenvalue weighted by Gasteiger charge is -2.18. The van der Waals surface area contributed by atoms with E-state index in [1.54, 1.807) is 0 Å². The fourth-order valence-corrected chi connectivity index (χ4v) is 3.60. The van der Waals surface area contributed by atoms with Gasteiger partial charge in [-0.25, -0.2) is 4.98 Å². The molecule has 0 atom stereocenters. The Balaban J connectivity index is 1.48. The summed E-state index contributed by atoms with van der Waals surface area (Å²) in [5, 5.41) is 7.10. The number of allylic oxidation sites excluding steroid dienone is 1. The summed E-state index contributed by atoms with van der Waals surface area (Å²) in [6.07, 6.45) is 3.57. The molecule has 0 spiro atoms. The van der Waals surface area contributed by atoms with Gasteiger partial charge in [-0.05, 0) is 54.5 Å². The molecule has 0 radical (unpaired) electrons. The molecule has 0 bridgehead atoms. The van der Waals surface area contributed by atoms with Gasteiger partial charge in [0.15, 0.2) is 0 Å². The highest BCUT2D eigenvalue weighted by molar-refractivity contribution is 5.84. The Hall–Kier alpha value is -3.61. The first-order chi connectivity index (χ1) is 14.4. The second kappa shape index (κ2) is 7.67. The number of imidazole rings is 1. The lowest BCUT2D eigenvalue weighted by atomic mass is 9.92. The van der Waals surface area contributed by atoms with Gasteiger partial charge in [0.1, 0.15) is 17.3 Å². The molecule has 2 heterocycles. The third-order valence-electron chi connectivity index (χ3n) is 5.40. The van der Waals surface area contributed by atoms with E-state index in [1.165, 1.54) is 6.08 Å². The number of benzene rings is 2. The van der Waals surface area contributed by atoms with Crippen LogP contribution in [0.15, 0.2) is 48.5 Å². The van der Waals surface area contributed by atoms with E-state index in [-0.39, 0.29) is 11.3 Å². The van der Waals surface area contributed by atoms with E-state index >= 15 is 0 Å². The van der Waals surface area contributed by atoms with Crippen LogP contribution < -0.4 is 10.5 Å². The Morgan fingerprint density at radius 3 is 2.67 bits per heavy atom. The van der Waals surface area contributed by atoms with Crippen molar-refractivity contribution in [1.82, 2.24) is 14.9 Å². The van der Waals surface area contributed by atoms with Crippen LogP contribution in [0.4, 0.5) is 0 Å². The Bertz CT molecular complexity index is 1130. The summed E-state index contributed by atoms with van der Waals surface area (Å²) in [6, 6.07) is 13.1. The Morgan fingerprint density at radius 1 is 1.27 bits per heavy atom. The molecule has 1 saturated heterocycles. The average molecular weight is 403 g/mol. The fourth-order valence-electron chi connectivity index (χ4n) is 3.60. The summed E-state index contributed by atoms with van der Waals surface area (Å²) in [6.45, 7) is 5.22. The van der Waals surface area contributed by atoms with E-state index in [1.807, 2.05) is 61.2 Å². The first kappa shape index (κ1) is 19.7. The number of ether oxygens (including phenoxy) is 1. The van der Waals surface area contributed by atoms with Gasteiger partial charge in [-0.2, -0.15) is 0 Å². The molecule has 7 heteroatoms. The van der Waals surface area contributed by atoms with Crippen LogP contribution in [0, 0.1) is 10.8 Å². The molecule has 0 saturated carbocycles. The van der Waals surface area contributed by atoms with Crippen LogP contribution in [0.3, 0.4) is 0 Å². The van der Waals surface area contributed by atoms with Gasteiger partial charge in [0.05, 0.1) is 17.6 Å². The van der Waals surface area contributed by atoms with Gasteiger partial charge >= 0.3 is 0 Å². The predicted molar refractivity (Wildman–Crippen MR) is 117 cm³/mol. The zero-order valence-electron chi connectivity index (χ0n) is 17.1. The van der Waals surface area contributed by atoms with Crippen molar-refractivity contribution in [3.8, 4) is 11.5 Å². The number of nitrogens with zero attached hydrogens (tertiary/aromatic N) is 2.